The number of aryl methyl sites for hydroxylation is 1. The molecule has 1 aromatic heterocycles. The quantitative estimate of drug-likeness (QED) is 0.612. The zero-order chi connectivity index (χ0) is 18.0. The largest absolute Gasteiger partial charge is 0.479 e. The highest BCUT2D eigenvalue weighted by atomic mass is 16.6. The monoisotopic (exact) mass is 344 g/mol. The molecule has 1 atom stereocenters. The van der Waals surface area contributed by atoms with Crippen molar-refractivity contribution in [1.82, 2.24) is 0 Å². The lowest BCUT2D eigenvalue weighted by atomic mass is 9.91. The van der Waals surface area contributed by atoms with E-state index in [1.807, 2.05) is 26.0 Å². The van der Waals surface area contributed by atoms with Crippen molar-refractivity contribution in [3.05, 3.63) is 39.7 Å². The Balaban J connectivity index is 1.82. The molecule has 0 unspecified atom stereocenters. The molecular weight excluding hydrogens is 320 g/mol. The summed E-state index contributed by atoms with van der Waals surface area (Å²) in [4.78, 5) is 24.1. The molecule has 1 heterocycles. The Hall–Kier alpha value is -2.30. The first-order chi connectivity index (χ1) is 12.0. The van der Waals surface area contributed by atoms with Crippen LogP contribution in [0, 0.1) is 5.92 Å². The molecule has 0 spiro atoms. The summed E-state index contributed by atoms with van der Waals surface area (Å²) in [5.41, 5.74) is 2.14. The lowest BCUT2D eigenvalue weighted by molar-refractivity contribution is -0.152. The molecule has 0 N–H and O–H groups in total. The van der Waals surface area contributed by atoms with E-state index in [1.165, 1.54) is 0 Å². The van der Waals surface area contributed by atoms with E-state index >= 15 is 0 Å². The molecule has 3 rings (SSSR count). The van der Waals surface area contributed by atoms with Gasteiger partial charge in [-0.1, -0.05) is 13.8 Å². The number of hydrogen-bond acceptors (Lipinski definition) is 5. The first-order valence-electron chi connectivity index (χ1n) is 8.87. The van der Waals surface area contributed by atoms with Crippen molar-refractivity contribution in [2.24, 2.45) is 5.92 Å². The molecule has 0 aliphatic heterocycles. The highest BCUT2D eigenvalue weighted by molar-refractivity contribution is 5.83. The number of carbonyl (C=O) groups excluding carboxylic acids is 1. The van der Waals surface area contributed by atoms with E-state index in [4.69, 9.17) is 13.9 Å². The van der Waals surface area contributed by atoms with E-state index in [0.717, 1.165) is 42.2 Å². The van der Waals surface area contributed by atoms with Crippen molar-refractivity contribution in [2.75, 3.05) is 6.61 Å². The van der Waals surface area contributed by atoms with E-state index < -0.39 is 12.1 Å². The molecule has 5 nitrogen and oxygen atoms in total. The summed E-state index contributed by atoms with van der Waals surface area (Å²) < 4.78 is 16.3. The second-order valence-electron chi connectivity index (χ2n) is 7.00. The SMILES string of the molecule is CC(C)COC(=O)[C@H](C)Oc1ccc2c3c(c(=O)oc2c1)CCCC3. The molecule has 134 valence electrons. The van der Waals surface area contributed by atoms with Gasteiger partial charge in [0.25, 0.3) is 0 Å². The van der Waals surface area contributed by atoms with E-state index in [9.17, 15) is 9.59 Å². The summed E-state index contributed by atoms with van der Waals surface area (Å²) in [6, 6.07) is 5.39. The summed E-state index contributed by atoms with van der Waals surface area (Å²) >= 11 is 0. The van der Waals surface area contributed by atoms with Crippen LogP contribution >= 0.6 is 0 Å². The second-order valence-corrected chi connectivity index (χ2v) is 7.00. The van der Waals surface area contributed by atoms with Crippen molar-refractivity contribution >= 4 is 16.9 Å². The average Bonchev–Trinajstić information content (AvgIpc) is 2.59. The lowest BCUT2D eigenvalue weighted by Crippen LogP contribution is -2.27. The predicted octanol–water partition coefficient (Wildman–Crippen LogP) is 3.64. The van der Waals surface area contributed by atoms with Crippen LogP contribution in [-0.2, 0) is 22.4 Å². The summed E-state index contributed by atoms with van der Waals surface area (Å²) in [6.07, 6.45) is 3.07. The van der Waals surface area contributed by atoms with Crippen LogP contribution < -0.4 is 10.4 Å². The maximum absolute atomic E-state index is 12.2. The number of ether oxygens (including phenoxy) is 2. The highest BCUT2D eigenvalue weighted by Crippen LogP contribution is 2.29. The molecular formula is C20H24O5. The number of hydrogen-bond donors (Lipinski definition) is 0. The number of rotatable bonds is 5. The third-order valence-corrected chi connectivity index (χ3v) is 4.40. The van der Waals surface area contributed by atoms with E-state index in [0.29, 0.717) is 17.9 Å². The van der Waals surface area contributed by atoms with Gasteiger partial charge in [-0.2, -0.15) is 0 Å². The maximum atomic E-state index is 12.2. The standard InChI is InChI=1S/C20H24O5/c1-12(2)11-23-19(21)13(3)24-14-8-9-16-15-6-4-5-7-17(15)20(22)25-18(16)10-14/h8-10,12-13H,4-7,11H2,1-3H3/t13-/m0/s1. The minimum Gasteiger partial charge on any atom is -0.479 e. The molecule has 0 amide bonds. The van der Waals surface area contributed by atoms with Crippen molar-refractivity contribution in [2.45, 2.75) is 52.6 Å². The number of esters is 1. The Kier molecular flexibility index (Phi) is 5.11. The van der Waals surface area contributed by atoms with Gasteiger partial charge >= 0.3 is 11.6 Å². The van der Waals surface area contributed by atoms with Crippen molar-refractivity contribution in [1.29, 1.82) is 0 Å². The van der Waals surface area contributed by atoms with Crippen LogP contribution in [0.2, 0.25) is 0 Å². The zero-order valence-electron chi connectivity index (χ0n) is 15.0. The topological polar surface area (TPSA) is 65.7 Å². The van der Waals surface area contributed by atoms with Gasteiger partial charge in [-0.25, -0.2) is 9.59 Å². The molecule has 1 aliphatic rings. The van der Waals surface area contributed by atoms with Gasteiger partial charge in [0, 0.05) is 17.0 Å². The third-order valence-electron chi connectivity index (χ3n) is 4.40. The molecule has 0 saturated heterocycles. The molecule has 0 saturated carbocycles. The van der Waals surface area contributed by atoms with Crippen molar-refractivity contribution < 1.29 is 18.7 Å². The summed E-state index contributed by atoms with van der Waals surface area (Å²) in [5.74, 6) is 0.360. The Bertz CT molecular complexity index is 834. The van der Waals surface area contributed by atoms with Gasteiger partial charge in [-0.3, -0.25) is 0 Å². The first-order valence-corrected chi connectivity index (χ1v) is 8.87. The van der Waals surface area contributed by atoms with Gasteiger partial charge < -0.3 is 13.9 Å². The van der Waals surface area contributed by atoms with Crippen LogP contribution in [0.5, 0.6) is 5.75 Å². The van der Waals surface area contributed by atoms with Crippen molar-refractivity contribution in [3.8, 4) is 5.75 Å². The number of carbonyl (C=O) groups is 1. The first kappa shape index (κ1) is 17.5. The molecule has 0 bridgehead atoms. The van der Waals surface area contributed by atoms with Gasteiger partial charge in [0.05, 0.1) is 6.61 Å². The van der Waals surface area contributed by atoms with Crippen LogP contribution in [-0.4, -0.2) is 18.7 Å². The van der Waals surface area contributed by atoms with Crippen molar-refractivity contribution in [3.63, 3.8) is 0 Å². The molecule has 1 aromatic carbocycles. The average molecular weight is 344 g/mol. The Morgan fingerprint density at radius 3 is 2.60 bits per heavy atom. The van der Waals surface area contributed by atoms with E-state index in [1.54, 1.807) is 13.0 Å². The fraction of sp³-hybridized carbons (Fsp3) is 0.500. The van der Waals surface area contributed by atoms with Crippen LogP contribution in [0.1, 0.15) is 44.7 Å². The molecule has 0 radical (unpaired) electrons. The highest BCUT2D eigenvalue weighted by Gasteiger charge is 2.20. The van der Waals surface area contributed by atoms with Crippen LogP contribution in [0.3, 0.4) is 0 Å². The predicted molar refractivity (Wildman–Crippen MR) is 95.0 cm³/mol. The lowest BCUT2D eigenvalue weighted by Gasteiger charge is -2.17. The van der Waals surface area contributed by atoms with Gasteiger partial charge in [0.2, 0.25) is 0 Å². The fourth-order valence-electron chi connectivity index (χ4n) is 3.12. The fourth-order valence-corrected chi connectivity index (χ4v) is 3.12. The smallest absolute Gasteiger partial charge is 0.347 e. The molecule has 0 fully saturated rings. The maximum Gasteiger partial charge on any atom is 0.347 e. The minimum absolute atomic E-state index is 0.260. The number of fused-ring (bicyclic) bond motifs is 3. The Morgan fingerprint density at radius 1 is 1.16 bits per heavy atom. The van der Waals surface area contributed by atoms with Crippen LogP contribution in [0.4, 0.5) is 0 Å². The van der Waals surface area contributed by atoms with Crippen LogP contribution in [0.15, 0.2) is 27.4 Å². The second kappa shape index (κ2) is 7.30. The summed E-state index contributed by atoms with van der Waals surface area (Å²) in [6.45, 7) is 5.97. The van der Waals surface area contributed by atoms with E-state index in [-0.39, 0.29) is 11.5 Å². The summed E-state index contributed by atoms with van der Waals surface area (Å²) in [5, 5.41) is 0.955. The normalized spacial score (nSPS) is 15.0. The summed E-state index contributed by atoms with van der Waals surface area (Å²) in [7, 11) is 0. The number of benzene rings is 1. The van der Waals surface area contributed by atoms with Crippen LogP contribution in [0.25, 0.3) is 11.0 Å². The Labute approximate surface area is 146 Å². The molecule has 25 heavy (non-hydrogen) atoms. The van der Waals surface area contributed by atoms with Gasteiger partial charge in [0.15, 0.2) is 6.10 Å². The van der Waals surface area contributed by atoms with Gasteiger partial charge in [-0.15, -0.1) is 0 Å². The Morgan fingerprint density at radius 2 is 1.88 bits per heavy atom. The third kappa shape index (κ3) is 3.86. The zero-order valence-corrected chi connectivity index (χ0v) is 15.0. The van der Waals surface area contributed by atoms with E-state index in [2.05, 4.69) is 0 Å². The van der Waals surface area contributed by atoms with Gasteiger partial charge in [-0.05, 0) is 56.2 Å². The van der Waals surface area contributed by atoms with Gasteiger partial charge in [0.1, 0.15) is 11.3 Å². The molecule has 1 aliphatic carbocycles. The molecule has 5 heteroatoms. The molecule has 2 aromatic rings. The minimum atomic E-state index is -0.722.